The van der Waals surface area contributed by atoms with Crippen LogP contribution >= 0.6 is 11.6 Å². The molecule has 4 rings (SSSR count). The summed E-state index contributed by atoms with van der Waals surface area (Å²) >= 11 is 6.27. The molecular weight excluding hydrogens is 382 g/mol. The average molecular weight is 406 g/mol. The lowest BCUT2D eigenvalue weighted by Gasteiger charge is -2.35. The van der Waals surface area contributed by atoms with E-state index in [1.54, 1.807) is 39.8 Å². The molecule has 5 atom stereocenters. The number of aryl methyl sites for hydroxylation is 1. The summed E-state index contributed by atoms with van der Waals surface area (Å²) in [5, 5.41) is 16.9. The third kappa shape index (κ3) is 2.27. The molecule has 1 aromatic rings. The van der Waals surface area contributed by atoms with Gasteiger partial charge in [0.1, 0.15) is 5.54 Å². The summed E-state index contributed by atoms with van der Waals surface area (Å²) in [6, 6.07) is 2.67. The van der Waals surface area contributed by atoms with Gasteiger partial charge in [-0.2, -0.15) is 0 Å². The summed E-state index contributed by atoms with van der Waals surface area (Å²) in [6.45, 7) is 8.73. The first kappa shape index (κ1) is 19.4. The van der Waals surface area contributed by atoms with Crippen molar-refractivity contribution >= 4 is 35.0 Å². The number of carbonyl (C=O) groups is 3. The van der Waals surface area contributed by atoms with Crippen LogP contribution in [0, 0.1) is 18.8 Å². The maximum absolute atomic E-state index is 13.5. The molecule has 3 N–H and O–H groups in total. The second-order valence-electron chi connectivity index (χ2n) is 9.00. The number of aliphatic hydroxyl groups excluding tert-OH is 1. The van der Waals surface area contributed by atoms with E-state index in [-0.39, 0.29) is 5.91 Å². The number of nitrogens with zero attached hydrogens (tertiary/aromatic N) is 1. The molecule has 0 bridgehead atoms. The molecule has 3 amide bonds. The molecule has 1 spiro atoms. The Labute approximate surface area is 168 Å². The third-order valence-corrected chi connectivity index (χ3v) is 6.33. The van der Waals surface area contributed by atoms with Crippen LogP contribution in [0.25, 0.3) is 0 Å². The van der Waals surface area contributed by atoms with Crippen LogP contribution in [0.1, 0.15) is 38.8 Å². The zero-order chi connectivity index (χ0) is 20.8. The largest absolute Gasteiger partial charge is 0.392 e. The van der Waals surface area contributed by atoms with Gasteiger partial charge in [0.2, 0.25) is 17.7 Å². The summed E-state index contributed by atoms with van der Waals surface area (Å²) in [5.41, 5.74) is -0.246. The Kier molecular flexibility index (Phi) is 4.00. The summed E-state index contributed by atoms with van der Waals surface area (Å²) < 4.78 is 0. The maximum atomic E-state index is 13.5. The highest BCUT2D eigenvalue weighted by Crippen LogP contribution is 2.55. The summed E-state index contributed by atoms with van der Waals surface area (Å²) in [5.74, 6) is -2.94. The van der Waals surface area contributed by atoms with Crippen molar-refractivity contribution in [3.05, 3.63) is 28.3 Å². The van der Waals surface area contributed by atoms with Crippen LogP contribution in [0.4, 0.5) is 5.69 Å². The maximum Gasteiger partial charge on any atom is 0.250 e. The number of imide groups is 1. The number of aliphatic hydroxyl groups is 1. The van der Waals surface area contributed by atoms with Crippen molar-refractivity contribution in [1.82, 2.24) is 10.2 Å². The van der Waals surface area contributed by atoms with E-state index in [2.05, 4.69) is 10.6 Å². The van der Waals surface area contributed by atoms with Gasteiger partial charge in [0.15, 0.2) is 0 Å². The highest BCUT2D eigenvalue weighted by molar-refractivity contribution is 6.31. The number of fused-ring (bicyclic) bond motifs is 4. The zero-order valence-corrected chi connectivity index (χ0v) is 17.2. The second kappa shape index (κ2) is 5.78. The van der Waals surface area contributed by atoms with E-state index < -0.39 is 46.9 Å². The molecule has 3 aliphatic rings. The highest BCUT2D eigenvalue weighted by Gasteiger charge is 2.72. The Morgan fingerprint density at radius 2 is 1.86 bits per heavy atom. The van der Waals surface area contributed by atoms with Crippen LogP contribution in [0.3, 0.4) is 0 Å². The summed E-state index contributed by atoms with van der Waals surface area (Å²) in [6.07, 6.45) is -0.930. The Bertz CT molecular complexity index is 923. The smallest absolute Gasteiger partial charge is 0.250 e. The first-order valence-electron chi connectivity index (χ1n) is 9.37. The predicted molar refractivity (Wildman–Crippen MR) is 104 cm³/mol. The van der Waals surface area contributed by atoms with E-state index in [0.29, 0.717) is 16.3 Å². The first-order valence-corrected chi connectivity index (χ1v) is 9.75. The SMILES string of the molecule is Cc1cc(Cl)cc2c1NC(=O)C21NC(C(C)O)C2C(=O)N(C(C)(C)C)C(=O)C21. The normalized spacial score (nSPS) is 32.8. The number of benzene rings is 1. The molecule has 150 valence electrons. The minimum absolute atomic E-state index is 0.363. The Morgan fingerprint density at radius 3 is 2.43 bits per heavy atom. The van der Waals surface area contributed by atoms with Gasteiger partial charge in [-0.15, -0.1) is 0 Å². The monoisotopic (exact) mass is 405 g/mol. The zero-order valence-electron chi connectivity index (χ0n) is 16.5. The fourth-order valence-electron chi connectivity index (χ4n) is 5.04. The van der Waals surface area contributed by atoms with Gasteiger partial charge in [-0.3, -0.25) is 24.6 Å². The fraction of sp³-hybridized carbons (Fsp3) is 0.550. The molecule has 0 radical (unpaired) electrons. The van der Waals surface area contributed by atoms with Crippen molar-refractivity contribution in [1.29, 1.82) is 0 Å². The average Bonchev–Trinajstić information content (AvgIpc) is 3.13. The van der Waals surface area contributed by atoms with Gasteiger partial charge in [-0.05, 0) is 52.3 Å². The van der Waals surface area contributed by atoms with Gasteiger partial charge in [-0.25, -0.2) is 0 Å². The molecule has 3 aliphatic heterocycles. The second-order valence-corrected chi connectivity index (χ2v) is 9.44. The molecular formula is C20H24ClN3O4. The molecule has 28 heavy (non-hydrogen) atoms. The van der Waals surface area contributed by atoms with E-state index in [1.165, 1.54) is 4.90 Å². The van der Waals surface area contributed by atoms with E-state index in [1.807, 2.05) is 6.92 Å². The molecule has 3 heterocycles. The van der Waals surface area contributed by atoms with Crippen LogP contribution in [0.2, 0.25) is 5.02 Å². The molecule has 0 saturated carbocycles. The van der Waals surface area contributed by atoms with Crippen LogP contribution in [-0.2, 0) is 19.9 Å². The summed E-state index contributed by atoms with van der Waals surface area (Å²) in [4.78, 5) is 41.2. The van der Waals surface area contributed by atoms with Gasteiger partial charge in [0, 0.05) is 27.9 Å². The molecule has 7 nitrogen and oxygen atoms in total. The van der Waals surface area contributed by atoms with Gasteiger partial charge < -0.3 is 10.4 Å². The highest BCUT2D eigenvalue weighted by atomic mass is 35.5. The lowest BCUT2D eigenvalue weighted by atomic mass is 9.76. The van der Waals surface area contributed by atoms with Crippen LogP contribution in [0.15, 0.2) is 12.1 Å². The van der Waals surface area contributed by atoms with Crippen LogP contribution in [-0.4, -0.2) is 45.4 Å². The Balaban J connectivity index is 1.97. The fourth-order valence-corrected chi connectivity index (χ4v) is 5.31. The van der Waals surface area contributed by atoms with E-state index in [9.17, 15) is 19.5 Å². The van der Waals surface area contributed by atoms with Gasteiger partial charge in [0.25, 0.3) is 0 Å². The molecule has 1 aromatic carbocycles. The molecule has 0 aliphatic carbocycles. The van der Waals surface area contributed by atoms with Crippen molar-refractivity contribution in [2.24, 2.45) is 11.8 Å². The van der Waals surface area contributed by atoms with Crippen molar-refractivity contribution in [3.8, 4) is 0 Å². The lowest BCUT2D eigenvalue weighted by Crippen LogP contribution is -2.57. The Morgan fingerprint density at radius 1 is 1.21 bits per heavy atom. The number of likely N-dealkylation sites (tertiary alicyclic amines) is 1. The molecule has 5 unspecified atom stereocenters. The lowest BCUT2D eigenvalue weighted by molar-refractivity contribution is -0.148. The molecule has 2 fully saturated rings. The van der Waals surface area contributed by atoms with Crippen molar-refractivity contribution in [2.75, 3.05) is 5.32 Å². The number of rotatable bonds is 1. The third-order valence-electron chi connectivity index (χ3n) is 6.11. The van der Waals surface area contributed by atoms with E-state index in [0.717, 1.165) is 5.56 Å². The molecule has 8 heteroatoms. The predicted octanol–water partition coefficient (Wildman–Crippen LogP) is 1.55. The quantitative estimate of drug-likeness (QED) is 0.616. The van der Waals surface area contributed by atoms with Crippen molar-refractivity contribution in [3.63, 3.8) is 0 Å². The van der Waals surface area contributed by atoms with Crippen molar-refractivity contribution < 1.29 is 19.5 Å². The minimum atomic E-state index is -1.44. The minimum Gasteiger partial charge on any atom is -0.392 e. The summed E-state index contributed by atoms with van der Waals surface area (Å²) in [7, 11) is 0. The van der Waals surface area contributed by atoms with Crippen LogP contribution in [0.5, 0.6) is 0 Å². The van der Waals surface area contributed by atoms with Crippen molar-refractivity contribution in [2.45, 2.75) is 57.8 Å². The van der Waals surface area contributed by atoms with Crippen LogP contribution < -0.4 is 10.6 Å². The number of nitrogens with one attached hydrogen (secondary N) is 2. The first-order chi connectivity index (χ1) is 12.9. The number of hydrogen-bond acceptors (Lipinski definition) is 5. The number of halogens is 1. The van der Waals surface area contributed by atoms with Gasteiger partial charge in [0.05, 0.1) is 17.9 Å². The number of carbonyl (C=O) groups excluding carboxylic acids is 3. The van der Waals surface area contributed by atoms with Gasteiger partial charge >= 0.3 is 0 Å². The van der Waals surface area contributed by atoms with Gasteiger partial charge in [-0.1, -0.05) is 11.6 Å². The standard InChI is InChI=1S/C20H24ClN3O4/c1-8-6-10(21)7-11-14(8)22-18(28)20(11)13-12(15(23-20)9(2)25)16(26)24(17(13)27)19(3,4)5/h6-7,9,12-13,15,23,25H,1-5H3,(H,22,28). The molecule has 2 saturated heterocycles. The van der Waals surface area contributed by atoms with E-state index >= 15 is 0 Å². The molecule has 0 aromatic heterocycles. The Hall–Kier alpha value is -1.96. The van der Waals surface area contributed by atoms with E-state index in [4.69, 9.17) is 11.6 Å². The number of amides is 3. The number of anilines is 1. The topological polar surface area (TPSA) is 98.7 Å². The number of hydrogen-bond donors (Lipinski definition) is 3.